The molecule has 0 bridgehead atoms. The number of halogens is 1. The molecule has 1 fully saturated rings. The van der Waals surface area contributed by atoms with Crippen molar-refractivity contribution in [1.82, 2.24) is 10.4 Å². The maximum Gasteiger partial charge on any atom is 0.431 e. The minimum Gasteiger partial charge on any atom is -0.463 e. The highest BCUT2D eigenvalue weighted by Crippen LogP contribution is 2.40. The van der Waals surface area contributed by atoms with Crippen molar-refractivity contribution in [2.24, 2.45) is 5.92 Å². The van der Waals surface area contributed by atoms with Crippen molar-refractivity contribution < 1.29 is 19.5 Å². The third-order valence-corrected chi connectivity index (χ3v) is 6.08. The van der Waals surface area contributed by atoms with E-state index in [1.54, 1.807) is 6.07 Å². The molecule has 3 rings (SSSR count). The number of amides is 1. The molecule has 0 aliphatic carbocycles. The molecule has 1 saturated heterocycles. The number of hydrogen-bond acceptors (Lipinski definition) is 3. The summed E-state index contributed by atoms with van der Waals surface area (Å²) < 4.78 is 15.1. The minimum absolute atomic E-state index is 0.0436. The average molecular weight is 415 g/mol. The average Bonchev–Trinajstić information content (AvgIpc) is 2.77. The molecule has 1 heterocycles. The lowest BCUT2D eigenvalue weighted by Crippen LogP contribution is -2.34. The fraction of sp³-hybridized carbons (Fsp3) is 0.458. The van der Waals surface area contributed by atoms with Gasteiger partial charge in [-0.3, -0.25) is 5.21 Å². The third-order valence-electron chi connectivity index (χ3n) is 6.08. The fourth-order valence-electron chi connectivity index (χ4n) is 4.53. The first-order chi connectivity index (χ1) is 14.5. The molecule has 5 nitrogen and oxygen atoms in total. The molecule has 1 aliphatic rings. The van der Waals surface area contributed by atoms with E-state index < -0.39 is 6.09 Å². The molecule has 1 aliphatic heterocycles. The highest BCUT2D eigenvalue weighted by Gasteiger charge is 2.28. The minimum atomic E-state index is -1.35. The quantitative estimate of drug-likeness (QED) is 0.405. The van der Waals surface area contributed by atoms with Gasteiger partial charge in [-0.15, -0.1) is 0 Å². The Hall–Kier alpha value is -2.44. The topological polar surface area (TPSA) is 72.8 Å². The SMILES string of the molecule is CCc1cccc(-c2c(F)cccc2[C@@H](CCCN(O)C(=O)O)[C@H]2CCCNC2)c1. The van der Waals surface area contributed by atoms with E-state index in [1.165, 1.54) is 6.07 Å². The first-order valence-corrected chi connectivity index (χ1v) is 10.8. The number of rotatable bonds is 8. The molecule has 0 spiro atoms. The lowest BCUT2D eigenvalue weighted by Gasteiger charge is -2.33. The van der Waals surface area contributed by atoms with Gasteiger partial charge in [0.15, 0.2) is 0 Å². The first-order valence-electron chi connectivity index (χ1n) is 10.8. The Morgan fingerprint density at radius 2 is 2.10 bits per heavy atom. The van der Waals surface area contributed by atoms with Crippen molar-refractivity contribution in [3.05, 3.63) is 59.4 Å². The van der Waals surface area contributed by atoms with Crippen LogP contribution in [-0.2, 0) is 6.42 Å². The van der Waals surface area contributed by atoms with Crippen LogP contribution in [-0.4, -0.2) is 41.1 Å². The molecule has 30 heavy (non-hydrogen) atoms. The van der Waals surface area contributed by atoms with E-state index in [4.69, 9.17) is 5.11 Å². The van der Waals surface area contributed by atoms with E-state index in [1.807, 2.05) is 24.3 Å². The van der Waals surface area contributed by atoms with Gasteiger partial charge in [0.2, 0.25) is 0 Å². The molecule has 3 N–H and O–H groups in total. The molecule has 6 heteroatoms. The highest BCUT2D eigenvalue weighted by molar-refractivity contribution is 5.69. The van der Waals surface area contributed by atoms with Gasteiger partial charge in [0.25, 0.3) is 0 Å². The summed E-state index contributed by atoms with van der Waals surface area (Å²) in [6.45, 7) is 3.97. The molecular formula is C24H31FN2O3. The van der Waals surface area contributed by atoms with E-state index in [9.17, 15) is 10.0 Å². The van der Waals surface area contributed by atoms with Crippen LogP contribution in [0.15, 0.2) is 42.5 Å². The van der Waals surface area contributed by atoms with Gasteiger partial charge in [-0.1, -0.05) is 43.3 Å². The van der Waals surface area contributed by atoms with Gasteiger partial charge in [-0.25, -0.2) is 9.18 Å². The number of aryl methyl sites for hydroxylation is 1. The van der Waals surface area contributed by atoms with Crippen molar-refractivity contribution in [1.29, 1.82) is 0 Å². The molecule has 0 aromatic heterocycles. The maximum absolute atomic E-state index is 15.1. The molecular weight excluding hydrogens is 383 g/mol. The van der Waals surface area contributed by atoms with Gasteiger partial charge >= 0.3 is 6.09 Å². The number of carboxylic acid groups (broad SMARTS) is 1. The Bertz CT molecular complexity index is 852. The Labute approximate surface area is 177 Å². The number of hydrogen-bond donors (Lipinski definition) is 3. The lowest BCUT2D eigenvalue weighted by atomic mass is 9.76. The van der Waals surface area contributed by atoms with Crippen molar-refractivity contribution in [2.45, 2.75) is 44.9 Å². The summed E-state index contributed by atoms with van der Waals surface area (Å²) in [5.41, 5.74) is 3.65. The molecule has 0 saturated carbocycles. The van der Waals surface area contributed by atoms with Crippen LogP contribution in [0.2, 0.25) is 0 Å². The van der Waals surface area contributed by atoms with E-state index in [0.29, 0.717) is 29.4 Å². The van der Waals surface area contributed by atoms with Gasteiger partial charge in [-0.05, 0) is 79.8 Å². The van der Waals surface area contributed by atoms with Crippen LogP contribution in [0, 0.1) is 11.7 Å². The number of piperidine rings is 1. The zero-order valence-electron chi connectivity index (χ0n) is 17.5. The summed E-state index contributed by atoms with van der Waals surface area (Å²) in [5.74, 6) is 0.186. The van der Waals surface area contributed by atoms with E-state index in [-0.39, 0.29) is 18.3 Å². The van der Waals surface area contributed by atoms with Crippen molar-refractivity contribution in [2.75, 3.05) is 19.6 Å². The summed E-state index contributed by atoms with van der Waals surface area (Å²) in [4.78, 5) is 10.9. The van der Waals surface area contributed by atoms with Crippen molar-refractivity contribution in [3.63, 3.8) is 0 Å². The summed E-state index contributed by atoms with van der Waals surface area (Å²) >= 11 is 0. The monoisotopic (exact) mass is 414 g/mol. The molecule has 0 unspecified atom stereocenters. The normalized spacial score (nSPS) is 17.5. The number of benzene rings is 2. The van der Waals surface area contributed by atoms with Crippen LogP contribution >= 0.6 is 0 Å². The lowest BCUT2D eigenvalue weighted by molar-refractivity contribution is -0.0648. The predicted molar refractivity (Wildman–Crippen MR) is 115 cm³/mol. The maximum atomic E-state index is 15.1. The molecule has 2 atom stereocenters. The van der Waals surface area contributed by atoms with E-state index in [0.717, 1.165) is 49.0 Å². The molecule has 0 radical (unpaired) electrons. The molecule has 2 aromatic rings. The summed E-state index contributed by atoms with van der Waals surface area (Å²) in [6, 6.07) is 13.3. The second-order valence-electron chi connectivity index (χ2n) is 8.02. The number of hydroxylamine groups is 2. The molecule has 2 aromatic carbocycles. The summed E-state index contributed by atoms with van der Waals surface area (Å²) in [6.07, 6.45) is 2.83. The Kier molecular flexibility index (Phi) is 7.82. The fourth-order valence-corrected chi connectivity index (χ4v) is 4.53. The van der Waals surface area contributed by atoms with Gasteiger partial charge in [0, 0.05) is 5.56 Å². The van der Waals surface area contributed by atoms with Crippen LogP contribution in [0.3, 0.4) is 0 Å². The smallest absolute Gasteiger partial charge is 0.431 e. The molecule has 162 valence electrons. The van der Waals surface area contributed by atoms with E-state index >= 15 is 4.39 Å². The number of carbonyl (C=O) groups is 1. The van der Waals surface area contributed by atoms with E-state index in [2.05, 4.69) is 18.3 Å². The number of nitrogens with one attached hydrogen (secondary N) is 1. The zero-order valence-corrected chi connectivity index (χ0v) is 17.5. The van der Waals surface area contributed by atoms with Gasteiger partial charge in [0.1, 0.15) is 5.82 Å². The van der Waals surface area contributed by atoms with Crippen LogP contribution in [0.4, 0.5) is 9.18 Å². The van der Waals surface area contributed by atoms with Crippen LogP contribution in [0.1, 0.15) is 49.7 Å². The second kappa shape index (κ2) is 10.5. The van der Waals surface area contributed by atoms with Gasteiger partial charge in [-0.2, -0.15) is 5.06 Å². The zero-order chi connectivity index (χ0) is 21.5. The van der Waals surface area contributed by atoms with Crippen LogP contribution in [0.25, 0.3) is 11.1 Å². The first kappa shape index (κ1) is 22.2. The summed E-state index contributed by atoms with van der Waals surface area (Å²) in [5, 5.41) is 22.2. The van der Waals surface area contributed by atoms with Gasteiger partial charge in [0.05, 0.1) is 6.54 Å². The largest absolute Gasteiger partial charge is 0.463 e. The van der Waals surface area contributed by atoms with Crippen molar-refractivity contribution >= 4 is 6.09 Å². The van der Waals surface area contributed by atoms with Crippen molar-refractivity contribution in [3.8, 4) is 11.1 Å². The van der Waals surface area contributed by atoms with Crippen LogP contribution in [0.5, 0.6) is 0 Å². The third kappa shape index (κ3) is 5.37. The molecule has 1 amide bonds. The Morgan fingerprint density at radius 3 is 2.80 bits per heavy atom. The second-order valence-corrected chi connectivity index (χ2v) is 8.02. The van der Waals surface area contributed by atoms with Gasteiger partial charge < -0.3 is 10.4 Å². The Balaban J connectivity index is 1.95. The Morgan fingerprint density at radius 1 is 1.30 bits per heavy atom. The highest BCUT2D eigenvalue weighted by atomic mass is 19.1. The van der Waals surface area contributed by atoms with Crippen LogP contribution < -0.4 is 5.32 Å². The standard InChI is InChI=1S/C24H31FN2O3/c1-2-17-7-3-8-18(15-17)23-21(10-4-12-22(23)25)20(19-9-5-13-26-16-19)11-6-14-27(30)24(28)29/h3-4,7-8,10,12,15,19-20,26,30H,2,5-6,9,11,13-14,16H2,1H3,(H,28,29)/t19-,20-/m0/s1. The number of nitrogens with zero attached hydrogens (tertiary/aromatic N) is 1. The predicted octanol–water partition coefficient (Wildman–Crippen LogP) is 5.29. The summed E-state index contributed by atoms with van der Waals surface area (Å²) in [7, 11) is 0.